The molecule has 0 spiro atoms. The number of aliphatic hydroxyl groups excluding tert-OH is 1. The summed E-state index contributed by atoms with van der Waals surface area (Å²) in [7, 11) is 0. The molecule has 0 saturated carbocycles. The molecule has 0 bridgehead atoms. The molecule has 1 aromatic heterocycles. The molecule has 0 aliphatic rings. The van der Waals surface area contributed by atoms with Gasteiger partial charge in [-0.1, -0.05) is 6.07 Å². The van der Waals surface area contributed by atoms with Gasteiger partial charge in [-0.15, -0.1) is 0 Å². The highest BCUT2D eigenvalue weighted by atomic mass is 16.3. The van der Waals surface area contributed by atoms with Crippen molar-refractivity contribution in [2.24, 2.45) is 0 Å². The highest BCUT2D eigenvalue weighted by Crippen LogP contribution is 2.07. The van der Waals surface area contributed by atoms with Gasteiger partial charge in [-0.05, 0) is 26.8 Å². The molecule has 1 heterocycles. The van der Waals surface area contributed by atoms with Crippen LogP contribution in [0.2, 0.25) is 0 Å². The third-order valence-corrected chi connectivity index (χ3v) is 2.88. The Morgan fingerprint density at radius 3 is 2.75 bits per heavy atom. The SMILES string of the molecule is CC(O)C(C)(C)NCCn1ccccc1=O. The molecule has 4 nitrogen and oxygen atoms in total. The number of aromatic nitrogens is 1. The Bertz CT molecular complexity index is 383. The van der Waals surface area contributed by atoms with Crippen molar-refractivity contribution in [3.05, 3.63) is 34.7 Å². The lowest BCUT2D eigenvalue weighted by Crippen LogP contribution is -2.49. The third kappa shape index (κ3) is 3.47. The van der Waals surface area contributed by atoms with Crippen LogP contribution in [0, 0.1) is 0 Å². The molecular formula is C12H20N2O2. The maximum atomic E-state index is 11.4. The van der Waals surface area contributed by atoms with Crippen LogP contribution in [0.25, 0.3) is 0 Å². The fraction of sp³-hybridized carbons (Fsp3) is 0.583. The van der Waals surface area contributed by atoms with Crippen LogP contribution < -0.4 is 10.9 Å². The molecule has 0 aromatic carbocycles. The summed E-state index contributed by atoms with van der Waals surface area (Å²) in [5.74, 6) is 0. The van der Waals surface area contributed by atoms with Crippen molar-refractivity contribution in [3.63, 3.8) is 0 Å². The van der Waals surface area contributed by atoms with E-state index in [9.17, 15) is 9.90 Å². The van der Waals surface area contributed by atoms with Crippen LogP contribution in [0.15, 0.2) is 29.2 Å². The van der Waals surface area contributed by atoms with Gasteiger partial charge < -0.3 is 15.0 Å². The quantitative estimate of drug-likeness (QED) is 0.770. The maximum absolute atomic E-state index is 11.4. The van der Waals surface area contributed by atoms with Crippen LogP contribution in [0.4, 0.5) is 0 Å². The van der Waals surface area contributed by atoms with E-state index in [1.807, 2.05) is 19.9 Å². The number of hydrogen-bond donors (Lipinski definition) is 2. The Morgan fingerprint density at radius 1 is 1.50 bits per heavy atom. The average Bonchev–Trinajstić information content (AvgIpc) is 2.20. The topological polar surface area (TPSA) is 54.3 Å². The minimum absolute atomic E-state index is 0.000784. The second-order valence-corrected chi connectivity index (χ2v) is 4.56. The number of aliphatic hydroxyl groups is 1. The van der Waals surface area contributed by atoms with Crippen molar-refractivity contribution in [2.75, 3.05) is 6.54 Å². The van der Waals surface area contributed by atoms with Crippen LogP contribution in [-0.2, 0) is 6.54 Å². The van der Waals surface area contributed by atoms with Crippen molar-refractivity contribution in [1.29, 1.82) is 0 Å². The molecular weight excluding hydrogens is 204 g/mol. The minimum Gasteiger partial charge on any atom is -0.392 e. The predicted octanol–water partition coefficient (Wildman–Crippen LogP) is 0.597. The van der Waals surface area contributed by atoms with Crippen LogP contribution in [-0.4, -0.2) is 27.9 Å². The molecule has 0 saturated heterocycles. The molecule has 90 valence electrons. The van der Waals surface area contributed by atoms with Gasteiger partial charge in [0, 0.05) is 30.9 Å². The summed E-state index contributed by atoms with van der Waals surface area (Å²) in [5, 5.41) is 12.7. The zero-order chi connectivity index (χ0) is 12.2. The van der Waals surface area contributed by atoms with Gasteiger partial charge >= 0.3 is 0 Å². The number of hydrogen-bond acceptors (Lipinski definition) is 3. The second kappa shape index (κ2) is 5.27. The Morgan fingerprint density at radius 2 is 2.19 bits per heavy atom. The summed E-state index contributed by atoms with van der Waals surface area (Å²) >= 11 is 0. The van der Waals surface area contributed by atoms with E-state index in [1.165, 1.54) is 0 Å². The van der Waals surface area contributed by atoms with Gasteiger partial charge in [-0.3, -0.25) is 4.79 Å². The summed E-state index contributed by atoms with van der Waals surface area (Å²) in [6.07, 6.45) is 1.33. The summed E-state index contributed by atoms with van der Waals surface area (Å²) in [5.41, 5.74) is -0.336. The van der Waals surface area contributed by atoms with E-state index in [4.69, 9.17) is 0 Å². The van der Waals surface area contributed by atoms with Crippen LogP contribution in [0.3, 0.4) is 0 Å². The van der Waals surface area contributed by atoms with E-state index >= 15 is 0 Å². The highest BCUT2D eigenvalue weighted by Gasteiger charge is 2.22. The first kappa shape index (κ1) is 12.9. The molecule has 0 radical (unpaired) electrons. The molecule has 0 amide bonds. The first-order valence-electron chi connectivity index (χ1n) is 5.52. The van der Waals surface area contributed by atoms with Gasteiger partial charge in [-0.25, -0.2) is 0 Å². The maximum Gasteiger partial charge on any atom is 0.250 e. The minimum atomic E-state index is -0.431. The van der Waals surface area contributed by atoms with Crippen molar-refractivity contribution >= 4 is 0 Å². The predicted molar refractivity (Wildman–Crippen MR) is 64.5 cm³/mol. The molecule has 0 fully saturated rings. The van der Waals surface area contributed by atoms with Gasteiger partial charge in [0.05, 0.1) is 6.10 Å². The van der Waals surface area contributed by atoms with Crippen molar-refractivity contribution in [2.45, 2.75) is 39.0 Å². The van der Waals surface area contributed by atoms with Crippen LogP contribution >= 0.6 is 0 Å². The lowest BCUT2D eigenvalue weighted by molar-refractivity contribution is 0.0962. The Hall–Kier alpha value is -1.13. The number of pyridine rings is 1. The molecule has 1 aromatic rings. The Kier molecular flexibility index (Phi) is 4.26. The fourth-order valence-corrected chi connectivity index (χ4v) is 1.29. The van der Waals surface area contributed by atoms with Gasteiger partial charge in [0.25, 0.3) is 5.56 Å². The molecule has 0 aliphatic carbocycles. The third-order valence-electron chi connectivity index (χ3n) is 2.88. The van der Waals surface area contributed by atoms with Crippen molar-refractivity contribution < 1.29 is 5.11 Å². The second-order valence-electron chi connectivity index (χ2n) is 4.56. The highest BCUT2D eigenvalue weighted by molar-refractivity contribution is 4.93. The van der Waals surface area contributed by atoms with E-state index in [0.717, 1.165) is 0 Å². The van der Waals surface area contributed by atoms with Gasteiger partial charge in [-0.2, -0.15) is 0 Å². The molecule has 1 rings (SSSR count). The largest absolute Gasteiger partial charge is 0.392 e. The van der Waals surface area contributed by atoms with Crippen LogP contribution in [0.1, 0.15) is 20.8 Å². The van der Waals surface area contributed by atoms with E-state index < -0.39 is 6.10 Å². The molecule has 1 unspecified atom stereocenters. The zero-order valence-corrected chi connectivity index (χ0v) is 10.1. The molecule has 0 aliphatic heterocycles. The summed E-state index contributed by atoms with van der Waals surface area (Å²) < 4.78 is 1.64. The molecule has 2 N–H and O–H groups in total. The first-order chi connectivity index (χ1) is 7.43. The van der Waals surface area contributed by atoms with E-state index in [2.05, 4.69) is 5.32 Å². The van der Waals surface area contributed by atoms with Gasteiger partial charge in [0.2, 0.25) is 0 Å². The normalized spacial score (nSPS) is 13.8. The lowest BCUT2D eigenvalue weighted by atomic mass is 9.99. The van der Waals surface area contributed by atoms with Crippen molar-refractivity contribution in [1.82, 2.24) is 9.88 Å². The standard InChI is InChI=1S/C12H20N2O2/c1-10(15)12(2,3)13-7-9-14-8-5-4-6-11(14)16/h4-6,8,10,13,15H,7,9H2,1-3H3. The van der Waals surface area contributed by atoms with Gasteiger partial charge in [0.15, 0.2) is 0 Å². The smallest absolute Gasteiger partial charge is 0.250 e. The Labute approximate surface area is 95.9 Å². The van der Waals surface area contributed by atoms with E-state index in [1.54, 1.807) is 29.8 Å². The fourth-order valence-electron chi connectivity index (χ4n) is 1.29. The van der Waals surface area contributed by atoms with Crippen molar-refractivity contribution in [3.8, 4) is 0 Å². The number of nitrogens with zero attached hydrogens (tertiary/aromatic N) is 1. The lowest BCUT2D eigenvalue weighted by Gasteiger charge is -2.29. The number of rotatable bonds is 5. The summed E-state index contributed by atoms with van der Waals surface area (Å²) in [4.78, 5) is 11.4. The molecule has 16 heavy (non-hydrogen) atoms. The van der Waals surface area contributed by atoms with E-state index in [0.29, 0.717) is 13.1 Å². The Balaban J connectivity index is 2.48. The monoisotopic (exact) mass is 224 g/mol. The number of nitrogens with one attached hydrogen (secondary N) is 1. The summed E-state index contributed by atoms with van der Waals surface area (Å²) in [6, 6.07) is 5.10. The molecule has 4 heteroatoms. The van der Waals surface area contributed by atoms with Crippen LogP contribution in [0.5, 0.6) is 0 Å². The summed E-state index contributed by atoms with van der Waals surface area (Å²) in [6.45, 7) is 6.89. The molecule has 1 atom stereocenters. The van der Waals surface area contributed by atoms with E-state index in [-0.39, 0.29) is 11.1 Å². The first-order valence-corrected chi connectivity index (χ1v) is 5.52. The van der Waals surface area contributed by atoms with Gasteiger partial charge in [0.1, 0.15) is 0 Å². The average molecular weight is 224 g/mol. The zero-order valence-electron chi connectivity index (χ0n) is 10.1.